The van der Waals surface area contributed by atoms with E-state index in [0.29, 0.717) is 10.9 Å². The molecule has 0 aliphatic heterocycles. The highest BCUT2D eigenvalue weighted by Crippen LogP contribution is 2.02. The maximum absolute atomic E-state index is 9.07. The van der Waals surface area contributed by atoms with E-state index < -0.39 is 0 Å². The first-order valence-corrected chi connectivity index (χ1v) is 2.79. The van der Waals surface area contributed by atoms with Gasteiger partial charge in [-0.1, -0.05) is 6.58 Å². The Labute approximate surface area is 56.4 Å². The molecule has 0 radical (unpaired) electrons. The van der Waals surface area contributed by atoms with E-state index in [0.717, 1.165) is 0 Å². The van der Waals surface area contributed by atoms with Crippen LogP contribution in [0.1, 0.15) is 0 Å². The molecule has 0 unspecified atom stereocenters. The van der Waals surface area contributed by atoms with Gasteiger partial charge in [0.2, 0.25) is 0 Å². The van der Waals surface area contributed by atoms with Crippen molar-refractivity contribution in [1.82, 2.24) is 14.6 Å². The highest BCUT2D eigenvalue weighted by atomic mass is 16.3. The summed E-state index contributed by atoms with van der Waals surface area (Å²) < 4.78 is 1.48. The Balaban J connectivity index is 3.09. The van der Waals surface area contributed by atoms with Crippen molar-refractivity contribution in [3.8, 4) is 5.75 Å². The lowest BCUT2D eigenvalue weighted by atomic mass is 10.5. The Bertz CT molecular complexity index is 406. The normalized spacial score (nSPS) is 10.8. The molecule has 0 amide bonds. The lowest BCUT2D eigenvalue weighted by molar-refractivity contribution is 0.471. The maximum atomic E-state index is 9.07. The van der Waals surface area contributed by atoms with Crippen molar-refractivity contribution in [3.05, 3.63) is 17.7 Å². The minimum atomic E-state index is 0.135. The van der Waals surface area contributed by atoms with Gasteiger partial charge in [0, 0.05) is 0 Å². The van der Waals surface area contributed by atoms with Crippen molar-refractivity contribution < 1.29 is 5.11 Å². The fourth-order valence-corrected chi connectivity index (χ4v) is 0.869. The van der Waals surface area contributed by atoms with E-state index in [2.05, 4.69) is 16.7 Å². The molecule has 2 rings (SSSR count). The predicted octanol–water partition coefficient (Wildman–Crippen LogP) is -0.436. The van der Waals surface area contributed by atoms with E-state index in [9.17, 15) is 0 Å². The van der Waals surface area contributed by atoms with Gasteiger partial charge in [0.1, 0.15) is 12.1 Å². The van der Waals surface area contributed by atoms with Crippen LogP contribution in [-0.4, -0.2) is 19.7 Å². The lowest BCUT2D eigenvalue weighted by Gasteiger charge is -1.74. The van der Waals surface area contributed by atoms with Crippen LogP contribution in [0.4, 0.5) is 0 Å². The first kappa shape index (κ1) is 5.22. The van der Waals surface area contributed by atoms with Crippen LogP contribution in [0.15, 0.2) is 12.5 Å². The van der Waals surface area contributed by atoms with Gasteiger partial charge in [-0.15, -0.1) is 0 Å². The number of aromatic hydroxyl groups is 1. The first-order valence-electron chi connectivity index (χ1n) is 2.79. The van der Waals surface area contributed by atoms with Crippen molar-refractivity contribution >= 4 is 12.2 Å². The fourth-order valence-electron chi connectivity index (χ4n) is 0.869. The molecule has 0 atom stereocenters. The number of hydrogen-bond donors (Lipinski definition) is 1. The van der Waals surface area contributed by atoms with Gasteiger partial charge in [-0.05, 0) is 0 Å². The summed E-state index contributed by atoms with van der Waals surface area (Å²) in [6.45, 7) is 3.61. The second-order valence-corrected chi connectivity index (χ2v) is 2.02. The number of nitrogens with zero attached hydrogens (tertiary/aromatic N) is 3. The van der Waals surface area contributed by atoms with Gasteiger partial charge in [0.25, 0.3) is 0 Å². The first-order chi connectivity index (χ1) is 4.79. The monoisotopic (exact) mass is 135 g/mol. The zero-order valence-electron chi connectivity index (χ0n) is 5.15. The van der Waals surface area contributed by atoms with Crippen molar-refractivity contribution in [2.75, 3.05) is 0 Å². The molecule has 2 aromatic rings. The summed E-state index contributed by atoms with van der Waals surface area (Å²) in [5.41, 5.74) is 0.609. The Kier molecular flexibility index (Phi) is 0.768. The second kappa shape index (κ2) is 1.47. The van der Waals surface area contributed by atoms with Gasteiger partial charge in [-0.25, -0.2) is 9.50 Å². The number of fused-ring (bicyclic) bond motifs is 1. The third kappa shape index (κ3) is 0.452. The van der Waals surface area contributed by atoms with E-state index in [4.69, 9.17) is 5.11 Å². The van der Waals surface area contributed by atoms with Gasteiger partial charge >= 0.3 is 0 Å². The molecule has 0 spiro atoms. The highest BCUT2D eigenvalue weighted by Gasteiger charge is 2.01. The van der Waals surface area contributed by atoms with Crippen LogP contribution in [0.3, 0.4) is 0 Å². The molecule has 50 valence electrons. The fraction of sp³-hybridized carbons (Fsp3) is 0. The van der Waals surface area contributed by atoms with Crippen molar-refractivity contribution in [1.29, 1.82) is 0 Å². The number of rotatable bonds is 0. The predicted molar refractivity (Wildman–Crippen MR) is 35.4 cm³/mol. The average Bonchev–Trinajstić information content (AvgIpc) is 2.41. The summed E-state index contributed by atoms with van der Waals surface area (Å²) in [6.07, 6.45) is 2.90. The maximum Gasteiger partial charge on any atom is 0.165 e. The molecule has 0 saturated carbocycles. The SMILES string of the molecule is C=c1c(O)cn2ncnc12. The Morgan fingerprint density at radius 2 is 2.40 bits per heavy atom. The van der Waals surface area contributed by atoms with Gasteiger partial charge in [0.15, 0.2) is 5.65 Å². The van der Waals surface area contributed by atoms with E-state index >= 15 is 0 Å². The minimum absolute atomic E-state index is 0.135. The van der Waals surface area contributed by atoms with E-state index in [1.54, 1.807) is 0 Å². The quantitative estimate of drug-likeness (QED) is 0.533. The van der Waals surface area contributed by atoms with Crippen LogP contribution in [-0.2, 0) is 0 Å². The smallest absolute Gasteiger partial charge is 0.165 e. The van der Waals surface area contributed by atoms with Crippen molar-refractivity contribution in [3.63, 3.8) is 0 Å². The average molecular weight is 135 g/mol. The van der Waals surface area contributed by atoms with E-state index in [1.807, 2.05) is 0 Å². The molecule has 0 bridgehead atoms. The Hall–Kier alpha value is -1.58. The molecule has 0 fully saturated rings. The Morgan fingerprint density at radius 1 is 1.60 bits per heavy atom. The summed E-state index contributed by atoms with van der Waals surface area (Å²) in [5.74, 6) is 0.135. The molecule has 4 heteroatoms. The van der Waals surface area contributed by atoms with E-state index in [1.165, 1.54) is 17.0 Å². The molecule has 1 N–H and O–H groups in total. The van der Waals surface area contributed by atoms with Crippen molar-refractivity contribution in [2.24, 2.45) is 0 Å². The summed E-state index contributed by atoms with van der Waals surface area (Å²) in [6, 6.07) is 0. The van der Waals surface area contributed by atoms with Crippen LogP contribution in [0.5, 0.6) is 5.75 Å². The topological polar surface area (TPSA) is 50.4 Å². The molecule has 0 aromatic carbocycles. The third-order valence-electron chi connectivity index (χ3n) is 1.40. The lowest BCUT2D eigenvalue weighted by Crippen LogP contribution is -1.94. The summed E-state index contributed by atoms with van der Waals surface area (Å²) in [5, 5.41) is 13.4. The summed E-state index contributed by atoms with van der Waals surface area (Å²) >= 11 is 0. The minimum Gasteiger partial charge on any atom is -0.506 e. The molecule has 10 heavy (non-hydrogen) atoms. The molecule has 0 aliphatic carbocycles. The Morgan fingerprint density at radius 3 is 3.10 bits per heavy atom. The standard InChI is InChI=1S/C6H5N3O/c1-4-5(10)2-9-6(4)7-3-8-9/h2-3,10H,1H2. The largest absolute Gasteiger partial charge is 0.506 e. The summed E-state index contributed by atoms with van der Waals surface area (Å²) in [4.78, 5) is 3.87. The van der Waals surface area contributed by atoms with Crippen LogP contribution in [0, 0.1) is 0 Å². The molecule has 2 aromatic heterocycles. The van der Waals surface area contributed by atoms with Crippen LogP contribution in [0.25, 0.3) is 12.2 Å². The van der Waals surface area contributed by atoms with Crippen LogP contribution >= 0.6 is 0 Å². The van der Waals surface area contributed by atoms with Gasteiger partial charge in [0.05, 0.1) is 11.4 Å². The molecule has 0 aliphatic rings. The molecule has 0 saturated heterocycles. The third-order valence-corrected chi connectivity index (χ3v) is 1.40. The second-order valence-electron chi connectivity index (χ2n) is 2.02. The molecular weight excluding hydrogens is 130 g/mol. The van der Waals surface area contributed by atoms with Crippen LogP contribution < -0.4 is 5.22 Å². The summed E-state index contributed by atoms with van der Waals surface area (Å²) in [7, 11) is 0. The number of hydrogen-bond acceptors (Lipinski definition) is 3. The molecule has 2 heterocycles. The zero-order chi connectivity index (χ0) is 7.14. The van der Waals surface area contributed by atoms with Gasteiger partial charge in [-0.3, -0.25) is 0 Å². The van der Waals surface area contributed by atoms with Crippen LogP contribution in [0.2, 0.25) is 0 Å². The number of aromatic nitrogens is 3. The highest BCUT2D eigenvalue weighted by molar-refractivity contribution is 5.47. The van der Waals surface area contributed by atoms with Gasteiger partial charge in [-0.2, -0.15) is 5.10 Å². The molecule has 4 nitrogen and oxygen atoms in total. The molecular formula is C6H5N3O. The van der Waals surface area contributed by atoms with E-state index in [-0.39, 0.29) is 5.75 Å². The van der Waals surface area contributed by atoms with Gasteiger partial charge < -0.3 is 5.11 Å². The van der Waals surface area contributed by atoms with Crippen molar-refractivity contribution in [2.45, 2.75) is 0 Å². The zero-order valence-corrected chi connectivity index (χ0v) is 5.15.